The van der Waals surface area contributed by atoms with Gasteiger partial charge in [-0.25, -0.2) is 0 Å². The smallest absolute Gasteiger partial charge is 0.303 e. The summed E-state index contributed by atoms with van der Waals surface area (Å²) in [6.07, 6.45) is 11.7. The first-order chi connectivity index (χ1) is 10.6. The third-order valence-corrected chi connectivity index (χ3v) is 3.62. The second kappa shape index (κ2) is 14.8. The van der Waals surface area contributed by atoms with Gasteiger partial charge in [0.2, 0.25) is 0 Å². The van der Waals surface area contributed by atoms with Gasteiger partial charge in [0, 0.05) is 6.42 Å². The Morgan fingerprint density at radius 3 is 2.41 bits per heavy atom. The van der Waals surface area contributed by atoms with Gasteiger partial charge in [0.25, 0.3) is 0 Å². The van der Waals surface area contributed by atoms with Crippen molar-refractivity contribution in [2.24, 2.45) is 0 Å². The molecule has 0 aromatic rings. The molecule has 2 unspecified atom stereocenters. The van der Waals surface area contributed by atoms with Crippen molar-refractivity contribution in [3.8, 4) is 0 Å². The Balaban J connectivity index is 3.59. The fraction of sp³-hybridized carbons (Fsp3) is 0.778. The quantitative estimate of drug-likeness (QED) is 0.336. The van der Waals surface area contributed by atoms with E-state index in [9.17, 15) is 15.0 Å². The molecule has 0 rings (SSSR count). The number of aliphatic carboxylic acids is 1. The van der Waals surface area contributed by atoms with Crippen molar-refractivity contribution in [3.05, 3.63) is 17.9 Å². The predicted molar refractivity (Wildman–Crippen MR) is 88.8 cm³/mol. The lowest BCUT2D eigenvalue weighted by molar-refractivity contribution is -0.137. The van der Waals surface area contributed by atoms with Crippen LogP contribution in [0.5, 0.6) is 0 Å². The lowest BCUT2D eigenvalue weighted by Gasteiger charge is -2.12. The highest BCUT2D eigenvalue weighted by Gasteiger charge is 2.11. The molecule has 128 valence electrons. The summed E-state index contributed by atoms with van der Waals surface area (Å²) < 4.78 is 0. The van der Waals surface area contributed by atoms with Crippen LogP contribution in [0.2, 0.25) is 0 Å². The first kappa shape index (κ1) is 20.9. The zero-order valence-electron chi connectivity index (χ0n) is 13.8. The van der Waals surface area contributed by atoms with E-state index in [0.29, 0.717) is 6.42 Å². The van der Waals surface area contributed by atoms with E-state index in [1.807, 2.05) is 6.08 Å². The lowest BCUT2D eigenvalue weighted by atomic mass is 10.1. The molecule has 3 N–H and O–H groups in total. The zero-order chi connectivity index (χ0) is 16.6. The molecule has 4 nitrogen and oxygen atoms in total. The van der Waals surface area contributed by atoms with Gasteiger partial charge in [-0.15, -0.1) is 5.73 Å². The minimum absolute atomic E-state index is 0.265. The number of carboxylic acid groups (broad SMARTS) is 1. The van der Waals surface area contributed by atoms with Gasteiger partial charge in [-0.05, 0) is 37.8 Å². The Bertz CT molecular complexity index is 332. The van der Waals surface area contributed by atoms with Crippen molar-refractivity contribution in [1.82, 2.24) is 0 Å². The van der Waals surface area contributed by atoms with Gasteiger partial charge in [-0.3, -0.25) is 4.79 Å². The van der Waals surface area contributed by atoms with Gasteiger partial charge in [0.15, 0.2) is 0 Å². The van der Waals surface area contributed by atoms with Crippen LogP contribution in [0.4, 0.5) is 0 Å². The molecule has 0 radical (unpaired) electrons. The van der Waals surface area contributed by atoms with Crippen molar-refractivity contribution in [3.63, 3.8) is 0 Å². The van der Waals surface area contributed by atoms with E-state index in [4.69, 9.17) is 5.11 Å². The zero-order valence-corrected chi connectivity index (χ0v) is 13.8. The number of hydrogen-bond acceptors (Lipinski definition) is 3. The van der Waals surface area contributed by atoms with E-state index < -0.39 is 18.2 Å². The summed E-state index contributed by atoms with van der Waals surface area (Å²) in [5.41, 5.74) is 2.94. The summed E-state index contributed by atoms with van der Waals surface area (Å²) in [6, 6.07) is 0. The highest BCUT2D eigenvalue weighted by molar-refractivity contribution is 5.66. The SMILES string of the molecule is CCCCCC(O)C(O)C=C=CCCCCCCCC(=O)O. The Labute approximate surface area is 134 Å². The second-order valence-corrected chi connectivity index (χ2v) is 5.79. The molecule has 0 amide bonds. The van der Waals surface area contributed by atoms with Gasteiger partial charge < -0.3 is 15.3 Å². The van der Waals surface area contributed by atoms with Gasteiger partial charge in [0.1, 0.15) is 6.10 Å². The molecular weight excluding hydrogens is 280 g/mol. The molecule has 0 spiro atoms. The van der Waals surface area contributed by atoms with Crippen LogP contribution in [0, 0.1) is 0 Å². The van der Waals surface area contributed by atoms with Crippen molar-refractivity contribution in [2.45, 2.75) is 89.8 Å². The molecular formula is C18H32O4. The third-order valence-electron chi connectivity index (χ3n) is 3.62. The normalized spacial score (nSPS) is 13.2. The first-order valence-electron chi connectivity index (χ1n) is 8.57. The van der Waals surface area contributed by atoms with Crippen LogP contribution >= 0.6 is 0 Å². The molecule has 0 bridgehead atoms. The van der Waals surface area contributed by atoms with E-state index >= 15 is 0 Å². The van der Waals surface area contributed by atoms with Crippen LogP contribution in [-0.2, 0) is 4.79 Å². The minimum atomic E-state index is -0.830. The molecule has 0 saturated carbocycles. The topological polar surface area (TPSA) is 77.8 Å². The highest BCUT2D eigenvalue weighted by atomic mass is 16.4. The molecule has 0 aliphatic carbocycles. The van der Waals surface area contributed by atoms with Crippen molar-refractivity contribution < 1.29 is 20.1 Å². The molecule has 0 aromatic heterocycles. The van der Waals surface area contributed by atoms with Crippen LogP contribution in [0.3, 0.4) is 0 Å². The Morgan fingerprint density at radius 2 is 1.73 bits per heavy atom. The predicted octanol–water partition coefficient (Wildman–Crippen LogP) is 3.82. The molecule has 0 aliphatic heterocycles. The number of hydrogen-bond donors (Lipinski definition) is 3. The van der Waals surface area contributed by atoms with Crippen LogP contribution in [-0.4, -0.2) is 33.5 Å². The van der Waals surface area contributed by atoms with Crippen LogP contribution in [0.15, 0.2) is 17.9 Å². The van der Waals surface area contributed by atoms with Crippen molar-refractivity contribution >= 4 is 5.97 Å². The Kier molecular flexibility index (Phi) is 14.1. The van der Waals surface area contributed by atoms with Crippen molar-refractivity contribution in [2.75, 3.05) is 0 Å². The largest absolute Gasteiger partial charge is 0.481 e. The van der Waals surface area contributed by atoms with Gasteiger partial charge in [-0.1, -0.05) is 45.4 Å². The maximum absolute atomic E-state index is 10.3. The van der Waals surface area contributed by atoms with Crippen LogP contribution < -0.4 is 0 Å². The van der Waals surface area contributed by atoms with E-state index in [1.165, 1.54) is 6.08 Å². The molecule has 0 aromatic carbocycles. The minimum Gasteiger partial charge on any atom is -0.481 e. The van der Waals surface area contributed by atoms with Gasteiger partial charge in [-0.2, -0.15) is 0 Å². The number of carboxylic acids is 1. The summed E-state index contributed by atoms with van der Waals surface area (Å²) in [6.45, 7) is 2.11. The number of rotatable bonds is 14. The summed E-state index contributed by atoms with van der Waals surface area (Å²) in [4.78, 5) is 10.3. The second-order valence-electron chi connectivity index (χ2n) is 5.79. The van der Waals surface area contributed by atoms with E-state index in [0.717, 1.165) is 57.8 Å². The maximum Gasteiger partial charge on any atom is 0.303 e. The molecule has 4 heteroatoms. The highest BCUT2D eigenvalue weighted by Crippen LogP contribution is 2.09. The monoisotopic (exact) mass is 312 g/mol. The summed E-state index contributed by atoms with van der Waals surface area (Å²) in [7, 11) is 0. The van der Waals surface area contributed by atoms with Crippen LogP contribution in [0.1, 0.15) is 77.6 Å². The summed E-state index contributed by atoms with van der Waals surface area (Å²) >= 11 is 0. The first-order valence-corrected chi connectivity index (χ1v) is 8.57. The molecule has 0 aliphatic rings. The standard InChI is InChI=1S/C18H32O4/c1-2-3-10-13-16(19)17(20)14-11-8-6-4-5-7-9-12-15-18(21)22/h8,14,16-17,19-20H,2-7,9-10,12-13,15H2,1H3,(H,21,22). The average molecular weight is 312 g/mol. The number of aliphatic hydroxyl groups excluding tert-OH is 2. The number of aliphatic hydroxyl groups is 2. The Morgan fingerprint density at radius 1 is 1.05 bits per heavy atom. The summed E-state index contributed by atoms with van der Waals surface area (Å²) in [5.74, 6) is -0.719. The fourth-order valence-corrected chi connectivity index (χ4v) is 2.19. The molecule has 0 saturated heterocycles. The molecule has 0 heterocycles. The van der Waals surface area contributed by atoms with E-state index in [1.54, 1.807) is 0 Å². The molecule has 0 fully saturated rings. The van der Waals surface area contributed by atoms with Crippen LogP contribution in [0.25, 0.3) is 0 Å². The summed E-state index contributed by atoms with van der Waals surface area (Å²) in [5, 5.41) is 28.0. The van der Waals surface area contributed by atoms with E-state index in [-0.39, 0.29) is 6.42 Å². The number of carbonyl (C=O) groups is 1. The van der Waals surface area contributed by atoms with Crippen molar-refractivity contribution in [1.29, 1.82) is 0 Å². The fourth-order valence-electron chi connectivity index (χ4n) is 2.19. The third kappa shape index (κ3) is 13.9. The Hall–Kier alpha value is -1.09. The average Bonchev–Trinajstić information content (AvgIpc) is 2.48. The van der Waals surface area contributed by atoms with Gasteiger partial charge in [0.05, 0.1) is 6.10 Å². The number of unbranched alkanes of at least 4 members (excludes halogenated alkanes) is 7. The molecule has 22 heavy (non-hydrogen) atoms. The molecule has 2 atom stereocenters. The van der Waals surface area contributed by atoms with E-state index in [2.05, 4.69) is 12.7 Å². The maximum atomic E-state index is 10.3. The van der Waals surface area contributed by atoms with Gasteiger partial charge >= 0.3 is 5.97 Å². The lowest BCUT2D eigenvalue weighted by Crippen LogP contribution is -2.23.